The molecule has 5 heteroatoms. The summed E-state index contributed by atoms with van der Waals surface area (Å²) in [6.45, 7) is 0. The predicted molar refractivity (Wildman–Crippen MR) is 68.2 cm³/mol. The van der Waals surface area contributed by atoms with Crippen molar-refractivity contribution in [2.24, 2.45) is 0 Å². The van der Waals surface area contributed by atoms with Crippen LogP contribution in [0.4, 0.5) is 15.8 Å². The lowest BCUT2D eigenvalue weighted by molar-refractivity contribution is 0.0602. The van der Waals surface area contributed by atoms with Crippen molar-refractivity contribution >= 4 is 17.3 Å². The van der Waals surface area contributed by atoms with E-state index in [1.807, 2.05) is 11.9 Å². The fraction of sp³-hybridized carbons (Fsp3) is 0.462. The lowest BCUT2D eigenvalue weighted by Crippen LogP contribution is -2.37. The highest BCUT2D eigenvalue weighted by atomic mass is 19.1. The Hall–Kier alpha value is -1.78. The van der Waals surface area contributed by atoms with E-state index in [0.717, 1.165) is 19.3 Å². The van der Waals surface area contributed by atoms with Gasteiger partial charge in [0.1, 0.15) is 5.82 Å². The summed E-state index contributed by atoms with van der Waals surface area (Å²) in [5.74, 6) is -0.953. The van der Waals surface area contributed by atoms with E-state index < -0.39 is 11.8 Å². The van der Waals surface area contributed by atoms with E-state index in [4.69, 9.17) is 5.73 Å². The molecule has 0 radical (unpaired) electrons. The third-order valence-corrected chi connectivity index (χ3v) is 3.53. The zero-order valence-corrected chi connectivity index (χ0v) is 10.6. The average molecular weight is 252 g/mol. The highest BCUT2D eigenvalue weighted by molar-refractivity contribution is 5.96. The molecule has 0 aliphatic heterocycles. The number of methoxy groups -OCH3 is 1. The molecule has 1 aromatic rings. The van der Waals surface area contributed by atoms with E-state index in [9.17, 15) is 9.18 Å². The third-order valence-electron chi connectivity index (χ3n) is 3.53. The second kappa shape index (κ2) is 4.84. The van der Waals surface area contributed by atoms with Gasteiger partial charge in [0, 0.05) is 18.8 Å². The third kappa shape index (κ3) is 2.12. The molecule has 1 aliphatic carbocycles. The van der Waals surface area contributed by atoms with Crippen LogP contribution in [-0.4, -0.2) is 26.2 Å². The number of nitrogen functional groups attached to an aromatic ring is 1. The summed E-state index contributed by atoms with van der Waals surface area (Å²) in [5, 5.41) is 0. The maximum atomic E-state index is 13.9. The quantitative estimate of drug-likeness (QED) is 0.661. The summed E-state index contributed by atoms with van der Waals surface area (Å²) < 4.78 is 18.5. The fourth-order valence-corrected chi connectivity index (χ4v) is 2.10. The molecule has 0 amide bonds. The van der Waals surface area contributed by atoms with Crippen LogP contribution in [0.1, 0.15) is 29.6 Å². The number of hydrogen-bond acceptors (Lipinski definition) is 4. The molecule has 0 atom stereocenters. The van der Waals surface area contributed by atoms with Gasteiger partial charge in [0.05, 0.1) is 18.4 Å². The molecule has 0 unspecified atom stereocenters. The number of carbonyl (C=O) groups excluding carboxylic acids is 1. The van der Waals surface area contributed by atoms with Crippen molar-refractivity contribution in [1.29, 1.82) is 0 Å². The molecule has 0 bridgehead atoms. The number of benzene rings is 1. The first kappa shape index (κ1) is 12.7. The zero-order chi connectivity index (χ0) is 13.3. The minimum Gasteiger partial charge on any atom is -0.465 e. The minimum absolute atomic E-state index is 0.102. The first-order valence-corrected chi connectivity index (χ1v) is 5.94. The molecule has 0 aromatic heterocycles. The van der Waals surface area contributed by atoms with Crippen molar-refractivity contribution < 1.29 is 13.9 Å². The van der Waals surface area contributed by atoms with Crippen LogP contribution < -0.4 is 10.6 Å². The molecule has 98 valence electrons. The van der Waals surface area contributed by atoms with Crippen LogP contribution in [0, 0.1) is 5.82 Å². The Morgan fingerprint density at radius 2 is 2.17 bits per heavy atom. The Bertz CT molecular complexity index is 472. The number of nitrogens with zero attached hydrogens (tertiary/aromatic N) is 1. The Kier molecular flexibility index (Phi) is 3.41. The van der Waals surface area contributed by atoms with Gasteiger partial charge in [0.25, 0.3) is 0 Å². The van der Waals surface area contributed by atoms with Gasteiger partial charge in [-0.1, -0.05) is 0 Å². The number of esters is 1. The predicted octanol–water partition coefficient (Wildman–Crippen LogP) is 2.18. The SMILES string of the molecule is COC(=O)c1cc(N(C)C2CCC2)c(F)cc1N. The van der Waals surface area contributed by atoms with Gasteiger partial charge >= 0.3 is 5.97 Å². The van der Waals surface area contributed by atoms with Gasteiger partial charge in [-0.2, -0.15) is 0 Å². The topological polar surface area (TPSA) is 55.6 Å². The molecule has 4 nitrogen and oxygen atoms in total. The van der Waals surface area contributed by atoms with Crippen molar-refractivity contribution in [2.75, 3.05) is 24.8 Å². The Labute approximate surface area is 106 Å². The molecule has 0 heterocycles. The Morgan fingerprint density at radius 3 is 2.67 bits per heavy atom. The highest BCUT2D eigenvalue weighted by Gasteiger charge is 2.25. The molecule has 1 aliphatic rings. The highest BCUT2D eigenvalue weighted by Crippen LogP contribution is 2.32. The van der Waals surface area contributed by atoms with Crippen LogP contribution in [0.25, 0.3) is 0 Å². The van der Waals surface area contributed by atoms with Gasteiger partial charge in [-0.25, -0.2) is 9.18 Å². The van der Waals surface area contributed by atoms with E-state index in [-0.39, 0.29) is 11.3 Å². The molecule has 2 N–H and O–H groups in total. The van der Waals surface area contributed by atoms with Gasteiger partial charge < -0.3 is 15.4 Å². The lowest BCUT2D eigenvalue weighted by atomic mass is 9.91. The standard InChI is InChI=1S/C13H17FN2O2/c1-16(8-4-3-5-8)12-6-9(13(17)18-2)11(15)7-10(12)14/h6-8H,3-5,15H2,1-2H3. The molecular formula is C13H17FN2O2. The van der Waals surface area contributed by atoms with Crippen LogP contribution in [-0.2, 0) is 4.74 Å². The molecule has 0 spiro atoms. The molecule has 0 saturated heterocycles. The smallest absolute Gasteiger partial charge is 0.340 e. The summed E-state index contributed by atoms with van der Waals surface area (Å²) in [6, 6.07) is 2.99. The van der Waals surface area contributed by atoms with E-state index in [0.29, 0.717) is 11.7 Å². The average Bonchev–Trinajstić information content (AvgIpc) is 2.25. The number of hydrogen-bond donors (Lipinski definition) is 1. The van der Waals surface area contributed by atoms with Crippen molar-refractivity contribution in [3.63, 3.8) is 0 Å². The van der Waals surface area contributed by atoms with Crippen molar-refractivity contribution in [3.05, 3.63) is 23.5 Å². The maximum Gasteiger partial charge on any atom is 0.340 e. The van der Waals surface area contributed by atoms with Gasteiger partial charge in [-0.3, -0.25) is 0 Å². The van der Waals surface area contributed by atoms with Crippen LogP contribution in [0.5, 0.6) is 0 Å². The molecule has 1 saturated carbocycles. The van der Waals surface area contributed by atoms with Crippen LogP contribution in [0.3, 0.4) is 0 Å². The van der Waals surface area contributed by atoms with Gasteiger partial charge in [0.2, 0.25) is 0 Å². The van der Waals surface area contributed by atoms with E-state index in [2.05, 4.69) is 4.74 Å². The van der Waals surface area contributed by atoms with Crippen molar-refractivity contribution in [3.8, 4) is 0 Å². The van der Waals surface area contributed by atoms with Crippen LogP contribution in [0.15, 0.2) is 12.1 Å². The first-order valence-electron chi connectivity index (χ1n) is 5.94. The van der Waals surface area contributed by atoms with E-state index in [1.165, 1.54) is 19.2 Å². The lowest BCUT2D eigenvalue weighted by Gasteiger charge is -2.36. The minimum atomic E-state index is -0.546. The number of ether oxygens (including phenoxy) is 1. The molecule has 1 fully saturated rings. The largest absolute Gasteiger partial charge is 0.465 e. The summed E-state index contributed by atoms with van der Waals surface area (Å²) in [5.41, 5.74) is 6.34. The van der Waals surface area contributed by atoms with E-state index >= 15 is 0 Å². The maximum absolute atomic E-state index is 13.9. The summed E-state index contributed by atoms with van der Waals surface area (Å²) in [4.78, 5) is 13.4. The summed E-state index contributed by atoms with van der Waals surface area (Å²) in [7, 11) is 3.11. The molecule has 18 heavy (non-hydrogen) atoms. The first-order chi connectivity index (χ1) is 8.54. The monoisotopic (exact) mass is 252 g/mol. The zero-order valence-electron chi connectivity index (χ0n) is 10.6. The van der Waals surface area contributed by atoms with E-state index in [1.54, 1.807) is 0 Å². The fourth-order valence-electron chi connectivity index (χ4n) is 2.10. The second-order valence-corrected chi connectivity index (χ2v) is 4.58. The number of halogens is 1. The summed E-state index contributed by atoms with van der Waals surface area (Å²) in [6.07, 6.45) is 3.26. The normalized spacial score (nSPS) is 15.1. The molecule has 2 rings (SSSR count). The Balaban J connectivity index is 2.37. The van der Waals surface area contributed by atoms with Gasteiger partial charge in [-0.05, 0) is 31.4 Å². The summed E-state index contributed by atoms with van der Waals surface area (Å²) >= 11 is 0. The van der Waals surface area contributed by atoms with Crippen LogP contribution in [0.2, 0.25) is 0 Å². The number of carbonyl (C=O) groups is 1. The van der Waals surface area contributed by atoms with Crippen molar-refractivity contribution in [1.82, 2.24) is 0 Å². The number of rotatable bonds is 3. The second-order valence-electron chi connectivity index (χ2n) is 4.58. The van der Waals surface area contributed by atoms with Gasteiger partial charge in [0.15, 0.2) is 0 Å². The van der Waals surface area contributed by atoms with Gasteiger partial charge in [-0.15, -0.1) is 0 Å². The number of nitrogens with two attached hydrogens (primary N) is 1. The van der Waals surface area contributed by atoms with Crippen molar-refractivity contribution in [2.45, 2.75) is 25.3 Å². The number of anilines is 2. The van der Waals surface area contributed by atoms with Crippen LogP contribution >= 0.6 is 0 Å². The molecular weight excluding hydrogens is 235 g/mol. The molecule has 1 aromatic carbocycles. The Morgan fingerprint density at radius 1 is 1.50 bits per heavy atom.